The van der Waals surface area contributed by atoms with E-state index < -0.39 is 0 Å². The lowest BCUT2D eigenvalue weighted by Gasteiger charge is -2.57. The van der Waals surface area contributed by atoms with Gasteiger partial charge in [0.25, 0.3) is 0 Å². The first-order valence-electron chi connectivity index (χ1n) is 9.13. The quantitative estimate of drug-likeness (QED) is 0.526. The third-order valence-corrected chi connectivity index (χ3v) is 7.88. The molecule has 0 aromatic rings. The third kappa shape index (κ3) is 1.92. The normalized spacial score (nSPS) is 49.9. The predicted octanol–water partition coefficient (Wildman–Crippen LogP) is 4.53. The SMILES string of the molecule is CC1(C)C(=O)CC=C2[C@@H]1CC[C@H]1C[C@@](C)([C@@H]3CO3)CC[C@]21C. The Labute approximate surface area is 134 Å². The second-order valence-electron chi connectivity index (χ2n) is 9.43. The summed E-state index contributed by atoms with van der Waals surface area (Å²) in [5.74, 6) is 1.70. The summed E-state index contributed by atoms with van der Waals surface area (Å²) in [7, 11) is 0. The number of Topliss-reactive ketones (excluding diaryl/α,β-unsaturated/α-hetero) is 1. The third-order valence-electron chi connectivity index (χ3n) is 7.88. The summed E-state index contributed by atoms with van der Waals surface area (Å²) in [5.41, 5.74) is 2.21. The molecule has 4 rings (SSSR count). The van der Waals surface area contributed by atoms with Gasteiger partial charge in [0.2, 0.25) is 0 Å². The highest BCUT2D eigenvalue weighted by atomic mass is 16.6. The maximum absolute atomic E-state index is 12.4. The molecule has 1 heterocycles. The van der Waals surface area contributed by atoms with Crippen molar-refractivity contribution in [2.75, 3.05) is 6.61 Å². The van der Waals surface area contributed by atoms with E-state index >= 15 is 0 Å². The van der Waals surface area contributed by atoms with Gasteiger partial charge in [0, 0.05) is 11.8 Å². The van der Waals surface area contributed by atoms with Gasteiger partial charge in [0.1, 0.15) is 5.78 Å². The van der Waals surface area contributed by atoms with Crippen LogP contribution in [0, 0.1) is 28.1 Å². The van der Waals surface area contributed by atoms with Gasteiger partial charge in [-0.1, -0.05) is 39.3 Å². The molecular formula is C20H30O2. The molecule has 2 heteroatoms. The van der Waals surface area contributed by atoms with Crippen LogP contribution in [-0.2, 0) is 9.53 Å². The molecule has 1 saturated heterocycles. The van der Waals surface area contributed by atoms with Crippen molar-refractivity contribution in [3.05, 3.63) is 11.6 Å². The standard InChI is InChI=1S/C20H30O2/c1-18(2)14-6-5-13-11-19(3,17-12-22-17)9-10-20(13,4)15(14)7-8-16(18)21/h7,13-14,17H,5-6,8-12H2,1-4H3/t13-,14-,17-,19-,20-/m0/s1. The maximum Gasteiger partial charge on any atom is 0.142 e. The molecule has 0 amide bonds. The molecular weight excluding hydrogens is 272 g/mol. The van der Waals surface area contributed by atoms with E-state index in [1.807, 2.05) is 0 Å². The van der Waals surface area contributed by atoms with Crippen molar-refractivity contribution in [3.8, 4) is 0 Å². The number of ketones is 1. The van der Waals surface area contributed by atoms with Gasteiger partial charge in [0.05, 0.1) is 12.7 Å². The van der Waals surface area contributed by atoms with Crippen molar-refractivity contribution < 1.29 is 9.53 Å². The van der Waals surface area contributed by atoms with E-state index in [0.29, 0.717) is 35.1 Å². The lowest BCUT2D eigenvalue weighted by Crippen LogP contribution is -2.51. The molecule has 0 aromatic heterocycles. The van der Waals surface area contributed by atoms with Crippen LogP contribution in [0.2, 0.25) is 0 Å². The van der Waals surface area contributed by atoms with Gasteiger partial charge < -0.3 is 4.74 Å². The van der Waals surface area contributed by atoms with Crippen LogP contribution in [0.25, 0.3) is 0 Å². The first-order chi connectivity index (χ1) is 10.3. The molecule has 0 bridgehead atoms. The Bertz CT molecular complexity index is 542. The fraction of sp³-hybridized carbons (Fsp3) is 0.850. The minimum absolute atomic E-state index is 0.154. The summed E-state index contributed by atoms with van der Waals surface area (Å²) in [4.78, 5) is 12.4. The summed E-state index contributed by atoms with van der Waals surface area (Å²) < 4.78 is 5.66. The van der Waals surface area contributed by atoms with Crippen LogP contribution in [0.5, 0.6) is 0 Å². The van der Waals surface area contributed by atoms with Gasteiger partial charge in [-0.2, -0.15) is 0 Å². The molecule has 2 nitrogen and oxygen atoms in total. The minimum atomic E-state index is -0.154. The molecule has 1 aliphatic heterocycles. The zero-order valence-electron chi connectivity index (χ0n) is 14.6. The zero-order valence-corrected chi connectivity index (χ0v) is 14.6. The van der Waals surface area contributed by atoms with Gasteiger partial charge in [-0.3, -0.25) is 4.79 Å². The van der Waals surface area contributed by atoms with E-state index in [2.05, 4.69) is 33.8 Å². The second-order valence-corrected chi connectivity index (χ2v) is 9.43. The van der Waals surface area contributed by atoms with Crippen molar-refractivity contribution >= 4 is 5.78 Å². The largest absolute Gasteiger partial charge is 0.373 e. The van der Waals surface area contributed by atoms with Crippen LogP contribution in [0.15, 0.2) is 11.6 Å². The molecule has 0 unspecified atom stereocenters. The Balaban J connectivity index is 1.66. The monoisotopic (exact) mass is 302 g/mol. The first kappa shape index (κ1) is 14.9. The number of rotatable bonds is 1. The number of epoxide rings is 1. The average molecular weight is 302 g/mol. The highest BCUT2D eigenvalue weighted by molar-refractivity contribution is 5.87. The van der Waals surface area contributed by atoms with Crippen LogP contribution < -0.4 is 0 Å². The number of allylic oxidation sites excluding steroid dienone is 2. The first-order valence-corrected chi connectivity index (χ1v) is 9.13. The number of ether oxygens (including phenoxy) is 1. The summed E-state index contributed by atoms with van der Waals surface area (Å²) in [6.45, 7) is 10.3. The number of carbonyl (C=O) groups excluding carboxylic acids is 1. The van der Waals surface area contributed by atoms with Gasteiger partial charge >= 0.3 is 0 Å². The summed E-state index contributed by atoms with van der Waals surface area (Å²) in [6.07, 6.45) is 9.86. The number of carbonyl (C=O) groups is 1. The lowest BCUT2D eigenvalue weighted by atomic mass is 9.46. The molecule has 0 N–H and O–H groups in total. The van der Waals surface area contributed by atoms with Crippen LogP contribution in [0.3, 0.4) is 0 Å². The molecule has 4 aliphatic rings. The van der Waals surface area contributed by atoms with Crippen LogP contribution in [0.1, 0.15) is 66.2 Å². The zero-order chi connectivity index (χ0) is 15.8. The lowest BCUT2D eigenvalue weighted by molar-refractivity contribution is -0.131. The van der Waals surface area contributed by atoms with E-state index in [9.17, 15) is 4.79 Å². The highest BCUT2D eigenvalue weighted by Gasteiger charge is 2.57. The summed E-state index contributed by atoms with van der Waals surface area (Å²) in [5, 5.41) is 0. The van der Waals surface area contributed by atoms with Crippen LogP contribution in [0.4, 0.5) is 0 Å². The predicted molar refractivity (Wildman–Crippen MR) is 87.5 cm³/mol. The van der Waals surface area contributed by atoms with Crippen LogP contribution >= 0.6 is 0 Å². The van der Waals surface area contributed by atoms with Gasteiger partial charge in [-0.15, -0.1) is 0 Å². The van der Waals surface area contributed by atoms with Crippen molar-refractivity contribution in [2.24, 2.45) is 28.1 Å². The van der Waals surface area contributed by atoms with Gasteiger partial charge in [-0.25, -0.2) is 0 Å². The molecule has 122 valence electrons. The number of hydrogen-bond donors (Lipinski definition) is 0. The second kappa shape index (κ2) is 4.47. The van der Waals surface area contributed by atoms with E-state index in [1.165, 1.54) is 32.1 Å². The smallest absolute Gasteiger partial charge is 0.142 e. The minimum Gasteiger partial charge on any atom is -0.373 e. The van der Waals surface area contributed by atoms with Gasteiger partial charge in [-0.05, 0) is 54.8 Å². The summed E-state index contributed by atoms with van der Waals surface area (Å²) >= 11 is 0. The summed E-state index contributed by atoms with van der Waals surface area (Å²) in [6, 6.07) is 0. The van der Waals surface area contributed by atoms with Crippen LogP contribution in [-0.4, -0.2) is 18.5 Å². The molecule has 3 fully saturated rings. The Morgan fingerprint density at radius 1 is 1.14 bits per heavy atom. The molecule has 3 aliphatic carbocycles. The topological polar surface area (TPSA) is 29.6 Å². The van der Waals surface area contributed by atoms with Crippen molar-refractivity contribution in [2.45, 2.75) is 72.3 Å². The van der Waals surface area contributed by atoms with E-state index in [-0.39, 0.29) is 5.41 Å². The highest BCUT2D eigenvalue weighted by Crippen LogP contribution is 2.64. The molecule has 0 spiro atoms. The van der Waals surface area contributed by atoms with E-state index in [1.54, 1.807) is 5.57 Å². The fourth-order valence-corrected chi connectivity index (χ4v) is 5.89. The molecule has 0 aromatic carbocycles. The fourth-order valence-electron chi connectivity index (χ4n) is 5.89. The van der Waals surface area contributed by atoms with Crippen molar-refractivity contribution in [1.29, 1.82) is 0 Å². The molecule has 2 saturated carbocycles. The van der Waals surface area contributed by atoms with E-state index in [0.717, 1.165) is 12.5 Å². The number of hydrogen-bond acceptors (Lipinski definition) is 2. The van der Waals surface area contributed by atoms with Crippen molar-refractivity contribution in [3.63, 3.8) is 0 Å². The van der Waals surface area contributed by atoms with Crippen molar-refractivity contribution in [1.82, 2.24) is 0 Å². The maximum atomic E-state index is 12.4. The van der Waals surface area contributed by atoms with E-state index in [4.69, 9.17) is 4.74 Å². The molecule has 0 radical (unpaired) electrons. The van der Waals surface area contributed by atoms with Gasteiger partial charge in [0.15, 0.2) is 0 Å². The Kier molecular flexibility index (Phi) is 3.03. The molecule has 5 atom stereocenters. The average Bonchev–Trinajstić information content (AvgIpc) is 3.29. The Morgan fingerprint density at radius 2 is 1.86 bits per heavy atom. The molecule has 22 heavy (non-hydrogen) atoms. The Hall–Kier alpha value is -0.630. The number of fused-ring (bicyclic) bond motifs is 3. The Morgan fingerprint density at radius 3 is 2.55 bits per heavy atom.